The van der Waals surface area contributed by atoms with Crippen molar-refractivity contribution in [1.29, 1.82) is 0 Å². The SMILES string of the molecule is CCOc1ccc(C2=CC(=O)C3(CC2)CCC(c2ccc(OCC)cc2)=CC3=O)cc1. The molecule has 0 radical (unpaired) electrons. The molecule has 0 amide bonds. The molecule has 0 bridgehead atoms. The van der Waals surface area contributed by atoms with Crippen LogP contribution in [0, 0.1) is 5.41 Å². The van der Waals surface area contributed by atoms with E-state index in [-0.39, 0.29) is 11.6 Å². The van der Waals surface area contributed by atoms with Crippen molar-refractivity contribution in [2.45, 2.75) is 39.5 Å². The standard InChI is InChI=1S/C27H28O4/c1-3-30-23-9-5-19(6-10-23)21-13-15-27(25(28)17-21)16-14-22(18-26(27)29)20-7-11-24(12-8-20)31-4-2/h5-12,17-18H,3-4,13-16H2,1-2H3. The highest BCUT2D eigenvalue weighted by atomic mass is 16.5. The summed E-state index contributed by atoms with van der Waals surface area (Å²) < 4.78 is 11.0. The Hall–Kier alpha value is -3.14. The summed E-state index contributed by atoms with van der Waals surface area (Å²) >= 11 is 0. The Labute approximate surface area is 183 Å². The molecule has 0 saturated heterocycles. The van der Waals surface area contributed by atoms with Gasteiger partial charge in [-0.25, -0.2) is 0 Å². The number of carbonyl (C=O) groups excluding carboxylic acids is 2. The van der Waals surface area contributed by atoms with E-state index in [0.717, 1.165) is 46.6 Å². The molecule has 31 heavy (non-hydrogen) atoms. The minimum atomic E-state index is -0.899. The van der Waals surface area contributed by atoms with E-state index >= 15 is 0 Å². The Bertz CT molecular complexity index is 940. The van der Waals surface area contributed by atoms with Gasteiger partial charge in [0, 0.05) is 0 Å². The second kappa shape index (κ2) is 8.93. The summed E-state index contributed by atoms with van der Waals surface area (Å²) in [6.07, 6.45) is 5.95. The molecule has 0 unspecified atom stereocenters. The predicted molar refractivity (Wildman–Crippen MR) is 122 cm³/mol. The van der Waals surface area contributed by atoms with Crippen LogP contribution in [-0.2, 0) is 9.59 Å². The van der Waals surface area contributed by atoms with Crippen LogP contribution in [0.3, 0.4) is 0 Å². The van der Waals surface area contributed by atoms with Crippen LogP contribution in [0.2, 0.25) is 0 Å². The second-order valence-corrected chi connectivity index (χ2v) is 8.06. The quantitative estimate of drug-likeness (QED) is 0.570. The molecule has 160 valence electrons. The van der Waals surface area contributed by atoms with Gasteiger partial charge in [-0.1, -0.05) is 24.3 Å². The van der Waals surface area contributed by atoms with Crippen molar-refractivity contribution >= 4 is 22.7 Å². The normalized spacial score (nSPS) is 17.9. The van der Waals surface area contributed by atoms with Gasteiger partial charge in [0.2, 0.25) is 0 Å². The van der Waals surface area contributed by atoms with Gasteiger partial charge < -0.3 is 9.47 Å². The summed E-state index contributed by atoms with van der Waals surface area (Å²) in [5, 5.41) is 0. The first-order valence-corrected chi connectivity index (χ1v) is 11.0. The molecular weight excluding hydrogens is 388 g/mol. The molecule has 0 atom stereocenters. The summed E-state index contributed by atoms with van der Waals surface area (Å²) in [5.41, 5.74) is 3.12. The lowest BCUT2D eigenvalue weighted by atomic mass is 9.64. The van der Waals surface area contributed by atoms with Crippen LogP contribution >= 0.6 is 0 Å². The Kier molecular flexibility index (Phi) is 6.08. The van der Waals surface area contributed by atoms with Crippen molar-refractivity contribution in [2.75, 3.05) is 13.2 Å². The van der Waals surface area contributed by atoms with Gasteiger partial charge in [-0.3, -0.25) is 9.59 Å². The summed E-state index contributed by atoms with van der Waals surface area (Å²) in [6.45, 7) is 5.15. The lowest BCUT2D eigenvalue weighted by Gasteiger charge is -2.36. The van der Waals surface area contributed by atoms with Crippen molar-refractivity contribution < 1.29 is 19.1 Å². The fourth-order valence-electron chi connectivity index (χ4n) is 4.49. The maximum absolute atomic E-state index is 13.1. The van der Waals surface area contributed by atoms with Gasteiger partial charge in [-0.15, -0.1) is 0 Å². The summed E-state index contributed by atoms with van der Waals surface area (Å²) in [7, 11) is 0. The van der Waals surface area contributed by atoms with E-state index in [2.05, 4.69) is 0 Å². The van der Waals surface area contributed by atoms with Gasteiger partial charge in [0.25, 0.3) is 0 Å². The molecule has 2 aliphatic carbocycles. The molecule has 1 spiro atoms. The van der Waals surface area contributed by atoms with Gasteiger partial charge in [0.05, 0.1) is 18.6 Å². The average molecular weight is 417 g/mol. The van der Waals surface area contributed by atoms with Crippen LogP contribution in [0.1, 0.15) is 50.7 Å². The Morgan fingerprint density at radius 3 is 1.39 bits per heavy atom. The minimum absolute atomic E-state index is 0.0605. The van der Waals surface area contributed by atoms with Crippen molar-refractivity contribution in [3.8, 4) is 11.5 Å². The third-order valence-corrected chi connectivity index (χ3v) is 6.27. The zero-order valence-electron chi connectivity index (χ0n) is 18.1. The van der Waals surface area contributed by atoms with E-state index < -0.39 is 5.41 Å². The molecule has 0 saturated carbocycles. The van der Waals surface area contributed by atoms with Gasteiger partial charge in [0.15, 0.2) is 11.6 Å². The number of hydrogen-bond acceptors (Lipinski definition) is 4. The van der Waals surface area contributed by atoms with Crippen LogP contribution < -0.4 is 9.47 Å². The number of benzene rings is 2. The van der Waals surface area contributed by atoms with Gasteiger partial charge in [0.1, 0.15) is 11.5 Å². The van der Waals surface area contributed by atoms with E-state index in [1.807, 2.05) is 62.4 Å². The monoisotopic (exact) mass is 416 g/mol. The first-order chi connectivity index (χ1) is 15.1. The Morgan fingerprint density at radius 2 is 1.06 bits per heavy atom. The van der Waals surface area contributed by atoms with Crippen molar-refractivity contribution in [3.05, 3.63) is 71.8 Å². The largest absolute Gasteiger partial charge is 0.494 e. The van der Waals surface area contributed by atoms with Gasteiger partial charge in [-0.2, -0.15) is 0 Å². The molecule has 0 N–H and O–H groups in total. The second-order valence-electron chi connectivity index (χ2n) is 8.06. The van der Waals surface area contributed by atoms with Gasteiger partial charge >= 0.3 is 0 Å². The lowest BCUT2D eigenvalue weighted by Crippen LogP contribution is -2.41. The highest BCUT2D eigenvalue weighted by molar-refractivity contribution is 6.20. The van der Waals surface area contributed by atoms with Crippen molar-refractivity contribution in [1.82, 2.24) is 0 Å². The Morgan fingerprint density at radius 1 is 0.677 bits per heavy atom. The number of allylic oxidation sites excluding steroid dienone is 4. The third kappa shape index (κ3) is 4.20. The zero-order chi connectivity index (χ0) is 21.8. The summed E-state index contributed by atoms with van der Waals surface area (Å²) in [6, 6.07) is 15.6. The maximum atomic E-state index is 13.1. The molecule has 0 aromatic heterocycles. The first kappa shape index (κ1) is 21.1. The third-order valence-electron chi connectivity index (χ3n) is 6.27. The summed E-state index contributed by atoms with van der Waals surface area (Å²) in [5.74, 6) is 1.52. The average Bonchev–Trinajstić information content (AvgIpc) is 2.79. The molecular formula is C27H28O4. The molecule has 4 heteroatoms. The smallest absolute Gasteiger partial charge is 0.169 e. The number of hydrogen-bond donors (Lipinski definition) is 0. The van der Waals surface area contributed by atoms with E-state index in [9.17, 15) is 9.59 Å². The number of rotatable bonds is 6. The first-order valence-electron chi connectivity index (χ1n) is 11.0. The number of ketones is 2. The molecule has 4 rings (SSSR count). The summed E-state index contributed by atoms with van der Waals surface area (Å²) in [4.78, 5) is 26.3. The van der Waals surface area contributed by atoms with E-state index in [1.165, 1.54) is 0 Å². The molecule has 2 aromatic rings. The fourth-order valence-corrected chi connectivity index (χ4v) is 4.49. The lowest BCUT2D eigenvalue weighted by molar-refractivity contribution is -0.136. The highest BCUT2D eigenvalue weighted by Gasteiger charge is 2.46. The number of carbonyl (C=O) groups is 2. The number of ether oxygens (including phenoxy) is 2. The van der Waals surface area contributed by atoms with Crippen LogP contribution in [0.25, 0.3) is 11.1 Å². The molecule has 2 aromatic carbocycles. The van der Waals surface area contributed by atoms with Crippen LogP contribution in [-0.4, -0.2) is 24.8 Å². The minimum Gasteiger partial charge on any atom is -0.494 e. The zero-order valence-corrected chi connectivity index (χ0v) is 18.1. The van der Waals surface area contributed by atoms with Gasteiger partial charge in [-0.05, 0) is 98.2 Å². The molecule has 0 fully saturated rings. The van der Waals surface area contributed by atoms with Crippen molar-refractivity contribution in [2.24, 2.45) is 5.41 Å². The predicted octanol–water partition coefficient (Wildman–Crippen LogP) is 5.66. The topological polar surface area (TPSA) is 52.6 Å². The molecule has 4 nitrogen and oxygen atoms in total. The van der Waals surface area contributed by atoms with E-state index in [4.69, 9.17) is 9.47 Å². The van der Waals surface area contributed by atoms with E-state index in [1.54, 1.807) is 12.2 Å². The van der Waals surface area contributed by atoms with Crippen LogP contribution in [0.5, 0.6) is 11.5 Å². The highest BCUT2D eigenvalue weighted by Crippen LogP contribution is 2.45. The molecule has 0 heterocycles. The van der Waals surface area contributed by atoms with E-state index in [0.29, 0.717) is 26.1 Å². The van der Waals surface area contributed by atoms with Crippen LogP contribution in [0.15, 0.2) is 60.7 Å². The van der Waals surface area contributed by atoms with Crippen molar-refractivity contribution in [3.63, 3.8) is 0 Å². The maximum Gasteiger partial charge on any atom is 0.169 e. The Balaban J connectivity index is 1.52. The molecule has 2 aliphatic rings. The van der Waals surface area contributed by atoms with Crippen LogP contribution in [0.4, 0.5) is 0 Å². The fraction of sp³-hybridized carbons (Fsp3) is 0.333. The molecule has 0 aliphatic heterocycles.